The van der Waals surface area contributed by atoms with Crippen LogP contribution < -0.4 is 5.73 Å². The molecule has 3 rings (SSSR count). The van der Waals surface area contributed by atoms with Crippen LogP contribution in [0.25, 0.3) is 0 Å². The van der Waals surface area contributed by atoms with Gasteiger partial charge in [0.25, 0.3) is 0 Å². The number of benzene rings is 1. The lowest BCUT2D eigenvalue weighted by molar-refractivity contribution is 0.302. The van der Waals surface area contributed by atoms with E-state index in [1.54, 1.807) is 12.1 Å². The molecule has 1 aliphatic carbocycles. The Morgan fingerprint density at radius 2 is 2.19 bits per heavy atom. The maximum absolute atomic E-state index is 13.6. The van der Waals surface area contributed by atoms with Gasteiger partial charge in [-0.25, -0.2) is 4.39 Å². The zero-order chi connectivity index (χ0) is 14.9. The molecule has 0 spiro atoms. The number of rotatable bonds is 3. The van der Waals surface area contributed by atoms with Gasteiger partial charge >= 0.3 is 0 Å². The largest absolute Gasteiger partial charge is 0.321 e. The third-order valence-electron chi connectivity index (χ3n) is 4.76. The molecule has 1 aromatic carbocycles. The van der Waals surface area contributed by atoms with Crippen LogP contribution in [0.15, 0.2) is 42.6 Å². The maximum Gasteiger partial charge on any atom is 0.123 e. The highest BCUT2D eigenvalue weighted by Crippen LogP contribution is 2.43. The van der Waals surface area contributed by atoms with Crippen LogP contribution in [0.5, 0.6) is 0 Å². The van der Waals surface area contributed by atoms with Crippen LogP contribution in [0, 0.1) is 5.82 Å². The third-order valence-corrected chi connectivity index (χ3v) is 4.76. The van der Waals surface area contributed by atoms with Crippen LogP contribution in [0.4, 0.5) is 4.39 Å². The number of nitrogens with two attached hydrogens (primary N) is 1. The third kappa shape index (κ3) is 2.46. The van der Waals surface area contributed by atoms with Gasteiger partial charge in [-0.05, 0) is 55.0 Å². The summed E-state index contributed by atoms with van der Waals surface area (Å²) in [6.07, 6.45) is 5.76. The zero-order valence-corrected chi connectivity index (χ0v) is 12.3. The van der Waals surface area contributed by atoms with Crippen LogP contribution >= 0.6 is 0 Å². The van der Waals surface area contributed by atoms with Gasteiger partial charge in [-0.1, -0.05) is 25.1 Å². The zero-order valence-electron chi connectivity index (χ0n) is 12.3. The first-order chi connectivity index (χ1) is 10.1. The molecule has 2 unspecified atom stereocenters. The molecule has 3 heteroatoms. The van der Waals surface area contributed by atoms with Crippen LogP contribution in [0.2, 0.25) is 0 Å². The number of aryl methyl sites for hydroxylation is 1. The summed E-state index contributed by atoms with van der Waals surface area (Å²) in [4.78, 5) is 4.59. The van der Waals surface area contributed by atoms with Gasteiger partial charge in [0.2, 0.25) is 0 Å². The molecule has 0 bridgehead atoms. The fourth-order valence-electron chi connectivity index (χ4n) is 3.54. The molecule has 0 aliphatic heterocycles. The molecule has 21 heavy (non-hydrogen) atoms. The number of fused-ring (bicyclic) bond motifs is 1. The first kappa shape index (κ1) is 14.2. The van der Waals surface area contributed by atoms with E-state index in [-0.39, 0.29) is 11.7 Å². The monoisotopic (exact) mass is 284 g/mol. The molecule has 0 fully saturated rings. The summed E-state index contributed by atoms with van der Waals surface area (Å²) in [5, 5.41) is 0. The smallest absolute Gasteiger partial charge is 0.123 e. The molecule has 110 valence electrons. The second kappa shape index (κ2) is 5.57. The molecule has 2 atom stereocenters. The van der Waals surface area contributed by atoms with Crippen LogP contribution in [-0.2, 0) is 12.0 Å². The van der Waals surface area contributed by atoms with Crippen molar-refractivity contribution >= 4 is 0 Å². The van der Waals surface area contributed by atoms with Crippen molar-refractivity contribution in [3.63, 3.8) is 0 Å². The Morgan fingerprint density at radius 3 is 2.95 bits per heavy atom. The van der Waals surface area contributed by atoms with Crippen molar-refractivity contribution in [1.82, 2.24) is 4.98 Å². The van der Waals surface area contributed by atoms with E-state index in [1.165, 1.54) is 11.6 Å². The highest BCUT2D eigenvalue weighted by atomic mass is 19.1. The first-order valence-corrected chi connectivity index (χ1v) is 7.64. The highest BCUT2D eigenvalue weighted by Gasteiger charge is 2.39. The van der Waals surface area contributed by atoms with Crippen molar-refractivity contribution in [2.24, 2.45) is 5.73 Å². The minimum atomic E-state index is -0.564. The average Bonchev–Trinajstić information content (AvgIpc) is 2.53. The molecular weight excluding hydrogens is 263 g/mol. The summed E-state index contributed by atoms with van der Waals surface area (Å²) in [5.74, 6) is -0.0814. The summed E-state index contributed by atoms with van der Waals surface area (Å²) in [6, 6.07) is 10.8. The Morgan fingerprint density at radius 1 is 1.33 bits per heavy atom. The average molecular weight is 284 g/mol. The molecule has 0 saturated carbocycles. The van der Waals surface area contributed by atoms with Gasteiger partial charge < -0.3 is 5.73 Å². The van der Waals surface area contributed by atoms with Crippen LogP contribution in [0.1, 0.15) is 48.9 Å². The Labute approximate surface area is 125 Å². The predicted molar refractivity (Wildman–Crippen MR) is 82.5 cm³/mol. The van der Waals surface area contributed by atoms with Gasteiger partial charge in [-0.2, -0.15) is 0 Å². The summed E-state index contributed by atoms with van der Waals surface area (Å²) < 4.78 is 13.6. The summed E-state index contributed by atoms with van der Waals surface area (Å²) in [7, 11) is 0. The van der Waals surface area contributed by atoms with Gasteiger partial charge in [0.1, 0.15) is 5.82 Å². The van der Waals surface area contributed by atoms with E-state index in [1.807, 2.05) is 18.3 Å². The molecule has 0 amide bonds. The van der Waals surface area contributed by atoms with Gasteiger partial charge in [-0.3, -0.25) is 4.98 Å². The van der Waals surface area contributed by atoms with Gasteiger partial charge in [-0.15, -0.1) is 0 Å². The molecule has 1 aliphatic rings. The summed E-state index contributed by atoms with van der Waals surface area (Å²) >= 11 is 0. The number of hydrogen-bond acceptors (Lipinski definition) is 2. The standard InChI is InChI=1S/C18H21FN2/c1-2-18(20,14-8-4-9-15(19)12-14)16-10-3-6-13-7-5-11-21-17(13)16/h4-5,7-9,11-12,16H,2-3,6,10,20H2,1H3. The van der Waals surface area contributed by atoms with Crippen molar-refractivity contribution < 1.29 is 4.39 Å². The molecule has 2 nitrogen and oxygen atoms in total. The Bertz CT molecular complexity index is 641. The quantitative estimate of drug-likeness (QED) is 0.928. The van der Waals surface area contributed by atoms with E-state index in [0.717, 1.165) is 36.9 Å². The molecule has 0 radical (unpaired) electrons. The van der Waals surface area contributed by atoms with Crippen LogP contribution in [-0.4, -0.2) is 4.98 Å². The van der Waals surface area contributed by atoms with Crippen molar-refractivity contribution in [3.05, 3.63) is 65.2 Å². The van der Waals surface area contributed by atoms with Crippen molar-refractivity contribution in [1.29, 1.82) is 0 Å². The lowest BCUT2D eigenvalue weighted by Gasteiger charge is -2.40. The molecule has 0 saturated heterocycles. The number of hydrogen-bond donors (Lipinski definition) is 1. The molecule has 2 N–H and O–H groups in total. The number of nitrogens with zero attached hydrogens (tertiary/aromatic N) is 1. The Kier molecular flexibility index (Phi) is 3.77. The van der Waals surface area contributed by atoms with E-state index in [0.29, 0.717) is 0 Å². The molecule has 2 aromatic rings. The number of halogens is 1. The van der Waals surface area contributed by atoms with E-state index in [4.69, 9.17) is 5.73 Å². The van der Waals surface area contributed by atoms with Crippen molar-refractivity contribution in [2.45, 2.75) is 44.1 Å². The second-order valence-electron chi connectivity index (χ2n) is 5.90. The van der Waals surface area contributed by atoms with Crippen molar-refractivity contribution in [2.75, 3.05) is 0 Å². The Balaban J connectivity index is 2.08. The molecular formula is C18H21FN2. The fourth-order valence-corrected chi connectivity index (χ4v) is 3.54. The predicted octanol–water partition coefficient (Wildman–Crippen LogP) is 3.90. The Hall–Kier alpha value is -1.74. The molecule has 1 heterocycles. The van der Waals surface area contributed by atoms with E-state index >= 15 is 0 Å². The van der Waals surface area contributed by atoms with Gasteiger partial charge in [0.05, 0.1) is 0 Å². The lowest BCUT2D eigenvalue weighted by atomic mass is 9.69. The minimum Gasteiger partial charge on any atom is -0.321 e. The fraction of sp³-hybridized carbons (Fsp3) is 0.389. The number of pyridine rings is 1. The normalized spacial score (nSPS) is 20.6. The second-order valence-corrected chi connectivity index (χ2v) is 5.90. The van der Waals surface area contributed by atoms with Crippen molar-refractivity contribution in [3.8, 4) is 0 Å². The summed E-state index contributed by atoms with van der Waals surface area (Å²) in [6.45, 7) is 2.07. The van der Waals surface area contributed by atoms with Gasteiger partial charge in [0.15, 0.2) is 0 Å². The van der Waals surface area contributed by atoms with E-state index < -0.39 is 5.54 Å². The summed E-state index contributed by atoms with van der Waals surface area (Å²) in [5.41, 5.74) is 9.46. The maximum atomic E-state index is 13.6. The highest BCUT2D eigenvalue weighted by molar-refractivity contribution is 5.35. The van der Waals surface area contributed by atoms with Gasteiger partial charge in [0, 0.05) is 23.3 Å². The lowest BCUT2D eigenvalue weighted by Crippen LogP contribution is -2.44. The minimum absolute atomic E-state index is 0.147. The first-order valence-electron chi connectivity index (χ1n) is 7.64. The number of aromatic nitrogens is 1. The topological polar surface area (TPSA) is 38.9 Å². The van der Waals surface area contributed by atoms with E-state index in [9.17, 15) is 4.39 Å². The van der Waals surface area contributed by atoms with Crippen LogP contribution in [0.3, 0.4) is 0 Å². The van der Waals surface area contributed by atoms with E-state index in [2.05, 4.69) is 18.0 Å². The SMILES string of the molecule is CCC(N)(c1cccc(F)c1)C1CCCc2cccnc21. The molecule has 1 aromatic heterocycles.